The third-order valence-corrected chi connectivity index (χ3v) is 3.81. The standard InChI is InChI=1S/C15H10ClN3O2S/c16-12-4-2-1-3-10(12)15-11-6-5-9(19(20)21)7-13(11)18-14(22)8-17-15/h1-7H,8H2,(H,18,22). The summed E-state index contributed by atoms with van der Waals surface area (Å²) in [5.41, 5.74) is 2.73. The molecule has 1 heterocycles. The van der Waals surface area contributed by atoms with E-state index in [4.69, 9.17) is 23.8 Å². The van der Waals surface area contributed by atoms with Crippen molar-refractivity contribution in [2.24, 2.45) is 4.99 Å². The van der Waals surface area contributed by atoms with E-state index in [9.17, 15) is 10.1 Å². The van der Waals surface area contributed by atoms with Crippen molar-refractivity contribution in [1.29, 1.82) is 0 Å². The first kappa shape index (κ1) is 14.6. The Labute approximate surface area is 136 Å². The molecule has 0 bridgehead atoms. The van der Waals surface area contributed by atoms with Gasteiger partial charge in [-0.25, -0.2) is 0 Å². The highest BCUT2D eigenvalue weighted by atomic mass is 35.5. The lowest BCUT2D eigenvalue weighted by Gasteiger charge is -2.11. The third-order valence-electron chi connectivity index (χ3n) is 3.25. The normalized spacial score (nSPS) is 13.7. The van der Waals surface area contributed by atoms with Gasteiger partial charge in [0.05, 0.1) is 22.9 Å². The van der Waals surface area contributed by atoms with Crippen molar-refractivity contribution >= 4 is 45.9 Å². The molecule has 0 saturated heterocycles. The Morgan fingerprint density at radius 2 is 2.00 bits per heavy atom. The number of benzene rings is 2. The summed E-state index contributed by atoms with van der Waals surface area (Å²) in [4.78, 5) is 15.5. The number of rotatable bonds is 2. The van der Waals surface area contributed by atoms with E-state index in [1.54, 1.807) is 12.1 Å². The highest BCUT2D eigenvalue weighted by Crippen LogP contribution is 2.29. The number of thiocarbonyl (C=S) groups is 1. The molecule has 0 spiro atoms. The fourth-order valence-corrected chi connectivity index (χ4v) is 2.66. The molecule has 1 aliphatic rings. The Kier molecular flexibility index (Phi) is 3.87. The van der Waals surface area contributed by atoms with Crippen LogP contribution in [-0.4, -0.2) is 22.2 Å². The van der Waals surface area contributed by atoms with Gasteiger partial charge in [0.15, 0.2) is 0 Å². The lowest BCUT2D eigenvalue weighted by Crippen LogP contribution is -2.11. The molecule has 0 saturated carbocycles. The number of nitro benzene ring substituents is 1. The van der Waals surface area contributed by atoms with E-state index in [2.05, 4.69) is 10.3 Å². The van der Waals surface area contributed by atoms with Crippen LogP contribution in [0.4, 0.5) is 11.4 Å². The van der Waals surface area contributed by atoms with Crippen LogP contribution in [-0.2, 0) is 0 Å². The number of hydrogen-bond acceptors (Lipinski definition) is 4. The van der Waals surface area contributed by atoms with Gasteiger partial charge in [-0.3, -0.25) is 15.1 Å². The molecule has 1 aliphatic heterocycles. The molecule has 2 aromatic rings. The first-order valence-corrected chi connectivity index (χ1v) is 7.23. The predicted molar refractivity (Wildman–Crippen MR) is 91.3 cm³/mol. The molecule has 0 radical (unpaired) electrons. The average molecular weight is 332 g/mol. The number of aliphatic imine (C=N–C) groups is 1. The molecular weight excluding hydrogens is 322 g/mol. The van der Waals surface area contributed by atoms with Gasteiger partial charge in [0.1, 0.15) is 4.99 Å². The summed E-state index contributed by atoms with van der Waals surface area (Å²) in [5, 5.41) is 14.5. The van der Waals surface area contributed by atoms with E-state index in [-0.39, 0.29) is 5.69 Å². The van der Waals surface area contributed by atoms with Crippen LogP contribution in [0.3, 0.4) is 0 Å². The zero-order chi connectivity index (χ0) is 15.7. The van der Waals surface area contributed by atoms with Crippen molar-refractivity contribution in [1.82, 2.24) is 0 Å². The van der Waals surface area contributed by atoms with Gasteiger partial charge in [0.2, 0.25) is 0 Å². The molecule has 0 atom stereocenters. The van der Waals surface area contributed by atoms with Crippen LogP contribution in [0.2, 0.25) is 5.02 Å². The number of nitrogens with zero attached hydrogens (tertiary/aromatic N) is 2. The minimum Gasteiger partial charge on any atom is -0.348 e. The lowest BCUT2D eigenvalue weighted by atomic mass is 10.00. The summed E-state index contributed by atoms with van der Waals surface area (Å²) in [6.45, 7) is 0.304. The number of nitro groups is 1. The first-order chi connectivity index (χ1) is 10.6. The summed E-state index contributed by atoms with van der Waals surface area (Å²) in [6, 6.07) is 11.9. The number of anilines is 1. The van der Waals surface area contributed by atoms with Crippen LogP contribution in [0, 0.1) is 10.1 Å². The maximum atomic E-state index is 11.0. The van der Waals surface area contributed by atoms with Gasteiger partial charge in [0, 0.05) is 28.3 Å². The summed E-state index contributed by atoms with van der Waals surface area (Å²) < 4.78 is 0. The Bertz CT molecular complexity index is 820. The minimum absolute atomic E-state index is 0.00513. The molecule has 5 nitrogen and oxygen atoms in total. The van der Waals surface area contributed by atoms with E-state index in [1.165, 1.54) is 12.1 Å². The van der Waals surface area contributed by atoms with Gasteiger partial charge in [-0.2, -0.15) is 0 Å². The lowest BCUT2D eigenvalue weighted by molar-refractivity contribution is -0.384. The highest BCUT2D eigenvalue weighted by Gasteiger charge is 2.20. The molecular formula is C15H10ClN3O2S. The average Bonchev–Trinajstić information content (AvgIpc) is 2.65. The molecule has 2 aromatic carbocycles. The maximum Gasteiger partial charge on any atom is 0.271 e. The quantitative estimate of drug-likeness (QED) is 0.516. The van der Waals surface area contributed by atoms with Gasteiger partial charge < -0.3 is 5.32 Å². The predicted octanol–water partition coefficient (Wildman–Crippen LogP) is 3.84. The zero-order valence-corrected chi connectivity index (χ0v) is 12.8. The molecule has 0 aromatic heterocycles. The van der Waals surface area contributed by atoms with Gasteiger partial charge in [0.25, 0.3) is 5.69 Å². The fraction of sp³-hybridized carbons (Fsp3) is 0.0667. The number of nitrogens with one attached hydrogen (secondary N) is 1. The zero-order valence-electron chi connectivity index (χ0n) is 11.2. The number of fused-ring (bicyclic) bond motifs is 1. The first-order valence-electron chi connectivity index (χ1n) is 6.44. The summed E-state index contributed by atoms with van der Waals surface area (Å²) in [5.74, 6) is 0. The molecule has 0 unspecified atom stereocenters. The molecule has 1 N–H and O–H groups in total. The van der Waals surface area contributed by atoms with E-state index >= 15 is 0 Å². The van der Waals surface area contributed by atoms with Crippen molar-refractivity contribution in [2.45, 2.75) is 0 Å². The molecule has 3 rings (SSSR count). The molecule has 0 aliphatic carbocycles. The highest BCUT2D eigenvalue weighted by molar-refractivity contribution is 7.80. The third kappa shape index (κ3) is 2.70. The Balaban J connectivity index is 2.20. The summed E-state index contributed by atoms with van der Waals surface area (Å²) >= 11 is 11.4. The SMILES string of the molecule is O=[N+]([O-])c1ccc2c(c1)NC(=S)CN=C2c1ccccc1Cl. The van der Waals surface area contributed by atoms with Crippen molar-refractivity contribution in [2.75, 3.05) is 11.9 Å². The fourth-order valence-electron chi connectivity index (χ4n) is 2.26. The molecule has 110 valence electrons. The van der Waals surface area contributed by atoms with Crippen LogP contribution < -0.4 is 5.32 Å². The van der Waals surface area contributed by atoms with Gasteiger partial charge in [-0.05, 0) is 12.1 Å². The van der Waals surface area contributed by atoms with Crippen LogP contribution in [0.1, 0.15) is 11.1 Å². The van der Waals surface area contributed by atoms with Crippen LogP contribution in [0.25, 0.3) is 0 Å². The van der Waals surface area contributed by atoms with E-state index < -0.39 is 4.92 Å². The second-order valence-electron chi connectivity index (χ2n) is 4.68. The largest absolute Gasteiger partial charge is 0.348 e. The smallest absolute Gasteiger partial charge is 0.271 e. The van der Waals surface area contributed by atoms with Crippen molar-refractivity contribution in [3.63, 3.8) is 0 Å². The summed E-state index contributed by atoms with van der Waals surface area (Å²) in [7, 11) is 0. The Hall–Kier alpha value is -2.31. The number of benzodiazepines with no additional fused rings is 1. The topological polar surface area (TPSA) is 67.5 Å². The van der Waals surface area contributed by atoms with Crippen LogP contribution >= 0.6 is 23.8 Å². The van der Waals surface area contributed by atoms with Gasteiger partial charge in [-0.15, -0.1) is 0 Å². The van der Waals surface area contributed by atoms with Crippen molar-refractivity contribution < 1.29 is 4.92 Å². The number of non-ortho nitro benzene ring substituents is 1. The second kappa shape index (κ2) is 5.82. The van der Waals surface area contributed by atoms with E-state index in [1.807, 2.05) is 18.2 Å². The maximum absolute atomic E-state index is 11.0. The monoisotopic (exact) mass is 331 g/mol. The molecule has 0 fully saturated rings. The van der Waals surface area contributed by atoms with E-state index in [0.717, 1.165) is 11.1 Å². The summed E-state index contributed by atoms with van der Waals surface area (Å²) in [6.07, 6.45) is 0. The second-order valence-corrected chi connectivity index (χ2v) is 5.58. The van der Waals surface area contributed by atoms with Gasteiger partial charge >= 0.3 is 0 Å². The Morgan fingerprint density at radius 3 is 2.73 bits per heavy atom. The van der Waals surface area contributed by atoms with Crippen LogP contribution in [0.5, 0.6) is 0 Å². The minimum atomic E-state index is -0.442. The van der Waals surface area contributed by atoms with Crippen molar-refractivity contribution in [3.8, 4) is 0 Å². The Morgan fingerprint density at radius 1 is 1.23 bits per heavy atom. The number of halogens is 1. The van der Waals surface area contributed by atoms with E-state index in [0.29, 0.717) is 28.0 Å². The molecule has 0 amide bonds. The van der Waals surface area contributed by atoms with Crippen LogP contribution in [0.15, 0.2) is 47.5 Å². The number of hydrogen-bond donors (Lipinski definition) is 1. The van der Waals surface area contributed by atoms with Crippen molar-refractivity contribution in [3.05, 3.63) is 68.7 Å². The van der Waals surface area contributed by atoms with Gasteiger partial charge in [-0.1, -0.05) is 42.0 Å². The molecule has 7 heteroatoms. The molecule has 22 heavy (non-hydrogen) atoms.